The van der Waals surface area contributed by atoms with Gasteiger partial charge in [-0.1, -0.05) is 66.7 Å². The van der Waals surface area contributed by atoms with Gasteiger partial charge in [0.25, 0.3) is 5.91 Å². The predicted molar refractivity (Wildman–Crippen MR) is 115 cm³/mol. The number of nitrogens with one attached hydrogen (secondary N) is 1. The summed E-state index contributed by atoms with van der Waals surface area (Å²) in [7, 11) is 0. The number of hydrogen-bond acceptors (Lipinski definition) is 2. The number of benzene rings is 3. The Morgan fingerprint density at radius 2 is 1.54 bits per heavy atom. The minimum absolute atomic E-state index is 0.0776. The Balaban J connectivity index is 1.34. The van der Waals surface area contributed by atoms with Gasteiger partial charge in [0.2, 0.25) is 0 Å². The molecule has 0 aromatic heterocycles. The van der Waals surface area contributed by atoms with Crippen molar-refractivity contribution in [2.75, 3.05) is 18.4 Å². The van der Waals surface area contributed by atoms with Gasteiger partial charge in [0, 0.05) is 30.9 Å². The standard InChI is InChI=1S/C25H24N2O/c28-25(26-24-9-5-2-6-10-24)23-13-11-20(12-14-23)19-27-17-15-22(16-18-27)21-7-3-1-4-8-21/h1-15H,16-19H2,(H,26,28). The van der Waals surface area contributed by atoms with Gasteiger partial charge in [0.1, 0.15) is 0 Å². The Labute approximate surface area is 166 Å². The first kappa shape index (κ1) is 18.2. The summed E-state index contributed by atoms with van der Waals surface area (Å²) in [6.45, 7) is 2.91. The first-order chi connectivity index (χ1) is 13.8. The van der Waals surface area contributed by atoms with Crippen molar-refractivity contribution in [3.63, 3.8) is 0 Å². The Kier molecular flexibility index (Phi) is 5.64. The number of carbonyl (C=O) groups excluding carboxylic acids is 1. The summed E-state index contributed by atoms with van der Waals surface area (Å²) in [5.74, 6) is -0.0776. The van der Waals surface area contributed by atoms with Crippen LogP contribution in [-0.2, 0) is 6.54 Å². The van der Waals surface area contributed by atoms with E-state index in [0.29, 0.717) is 5.56 Å². The molecule has 3 aromatic rings. The molecule has 3 heteroatoms. The second-order valence-electron chi connectivity index (χ2n) is 7.10. The first-order valence-corrected chi connectivity index (χ1v) is 9.70. The molecule has 0 radical (unpaired) electrons. The lowest BCUT2D eigenvalue weighted by Crippen LogP contribution is -2.28. The lowest BCUT2D eigenvalue weighted by molar-refractivity contribution is 0.102. The minimum Gasteiger partial charge on any atom is -0.322 e. The van der Waals surface area contributed by atoms with Crippen LogP contribution in [-0.4, -0.2) is 23.9 Å². The highest BCUT2D eigenvalue weighted by molar-refractivity contribution is 6.04. The van der Waals surface area contributed by atoms with Crippen LogP contribution in [0.2, 0.25) is 0 Å². The van der Waals surface area contributed by atoms with E-state index >= 15 is 0 Å². The lowest BCUT2D eigenvalue weighted by Gasteiger charge is -2.26. The zero-order chi connectivity index (χ0) is 19.2. The highest BCUT2D eigenvalue weighted by Crippen LogP contribution is 2.23. The van der Waals surface area contributed by atoms with Gasteiger partial charge in [-0.25, -0.2) is 0 Å². The molecular formula is C25H24N2O. The van der Waals surface area contributed by atoms with Gasteiger partial charge in [0.05, 0.1) is 0 Å². The molecule has 0 atom stereocenters. The van der Waals surface area contributed by atoms with Crippen LogP contribution < -0.4 is 5.32 Å². The Bertz CT molecular complexity index is 947. The van der Waals surface area contributed by atoms with E-state index in [2.05, 4.69) is 58.8 Å². The summed E-state index contributed by atoms with van der Waals surface area (Å²) < 4.78 is 0. The van der Waals surface area contributed by atoms with E-state index in [0.717, 1.165) is 31.7 Å². The molecule has 0 spiro atoms. The maximum atomic E-state index is 12.4. The van der Waals surface area contributed by atoms with E-state index in [9.17, 15) is 4.79 Å². The van der Waals surface area contributed by atoms with Crippen LogP contribution in [0.4, 0.5) is 5.69 Å². The number of para-hydroxylation sites is 1. The summed E-state index contributed by atoms with van der Waals surface area (Å²) in [4.78, 5) is 14.8. The zero-order valence-corrected chi connectivity index (χ0v) is 15.8. The number of hydrogen-bond donors (Lipinski definition) is 1. The van der Waals surface area contributed by atoms with Gasteiger partial charge in [-0.2, -0.15) is 0 Å². The molecular weight excluding hydrogens is 344 g/mol. The van der Waals surface area contributed by atoms with Crippen LogP contribution >= 0.6 is 0 Å². The van der Waals surface area contributed by atoms with Crippen LogP contribution in [0.5, 0.6) is 0 Å². The van der Waals surface area contributed by atoms with Crippen molar-refractivity contribution in [2.45, 2.75) is 13.0 Å². The molecule has 0 unspecified atom stereocenters. The molecule has 1 aliphatic heterocycles. The van der Waals surface area contributed by atoms with Gasteiger partial charge in [-0.3, -0.25) is 9.69 Å². The molecule has 28 heavy (non-hydrogen) atoms. The molecule has 0 fully saturated rings. The summed E-state index contributed by atoms with van der Waals surface area (Å²) >= 11 is 0. The molecule has 3 nitrogen and oxygen atoms in total. The number of rotatable bonds is 5. The molecule has 3 aromatic carbocycles. The molecule has 1 aliphatic rings. The van der Waals surface area contributed by atoms with Crippen LogP contribution in [0, 0.1) is 0 Å². The average Bonchev–Trinajstić information content (AvgIpc) is 2.76. The SMILES string of the molecule is O=C(Nc1ccccc1)c1ccc(CN2CC=C(c3ccccc3)CC2)cc1. The monoisotopic (exact) mass is 368 g/mol. The number of carbonyl (C=O) groups is 1. The quantitative estimate of drug-likeness (QED) is 0.669. The van der Waals surface area contributed by atoms with Crippen LogP contribution in [0.25, 0.3) is 5.57 Å². The number of amides is 1. The lowest BCUT2D eigenvalue weighted by atomic mass is 9.99. The third kappa shape index (κ3) is 4.56. The smallest absolute Gasteiger partial charge is 0.255 e. The van der Waals surface area contributed by atoms with Crippen LogP contribution in [0.3, 0.4) is 0 Å². The molecule has 0 saturated heterocycles. The van der Waals surface area contributed by atoms with Crippen molar-refractivity contribution >= 4 is 17.2 Å². The van der Waals surface area contributed by atoms with Gasteiger partial charge in [0.15, 0.2) is 0 Å². The number of anilines is 1. The minimum atomic E-state index is -0.0776. The Hall–Kier alpha value is -3.17. The van der Waals surface area contributed by atoms with E-state index in [1.54, 1.807) is 0 Å². The third-order valence-electron chi connectivity index (χ3n) is 5.09. The highest BCUT2D eigenvalue weighted by Gasteiger charge is 2.13. The normalized spacial score (nSPS) is 14.4. The maximum absolute atomic E-state index is 12.4. The van der Waals surface area contributed by atoms with Gasteiger partial charge in [-0.15, -0.1) is 0 Å². The van der Waals surface area contributed by atoms with E-state index in [1.807, 2.05) is 42.5 Å². The molecule has 1 heterocycles. The fourth-order valence-electron chi connectivity index (χ4n) is 3.51. The van der Waals surface area contributed by atoms with Crippen LogP contribution in [0.15, 0.2) is 91.0 Å². The fourth-order valence-corrected chi connectivity index (χ4v) is 3.51. The van der Waals surface area contributed by atoms with Gasteiger partial charge >= 0.3 is 0 Å². The molecule has 1 N–H and O–H groups in total. The van der Waals surface area contributed by atoms with E-state index < -0.39 is 0 Å². The Morgan fingerprint density at radius 1 is 0.857 bits per heavy atom. The molecule has 0 saturated carbocycles. The molecule has 4 rings (SSSR count). The summed E-state index contributed by atoms with van der Waals surface area (Å²) in [6, 6.07) is 28.1. The molecule has 1 amide bonds. The van der Waals surface area contributed by atoms with Crippen LogP contribution in [0.1, 0.15) is 27.9 Å². The molecule has 140 valence electrons. The maximum Gasteiger partial charge on any atom is 0.255 e. The predicted octanol–water partition coefficient (Wildman–Crippen LogP) is 5.23. The second-order valence-corrected chi connectivity index (χ2v) is 7.10. The fraction of sp³-hybridized carbons (Fsp3) is 0.160. The van der Waals surface area contributed by atoms with E-state index in [1.165, 1.54) is 16.7 Å². The van der Waals surface area contributed by atoms with Gasteiger partial charge in [-0.05, 0) is 47.4 Å². The summed E-state index contributed by atoms with van der Waals surface area (Å²) in [6.07, 6.45) is 3.40. The Morgan fingerprint density at radius 3 is 2.18 bits per heavy atom. The van der Waals surface area contributed by atoms with Crippen molar-refractivity contribution in [2.24, 2.45) is 0 Å². The van der Waals surface area contributed by atoms with Crippen molar-refractivity contribution in [3.05, 3.63) is 108 Å². The van der Waals surface area contributed by atoms with Crippen molar-refractivity contribution < 1.29 is 4.79 Å². The summed E-state index contributed by atoms with van der Waals surface area (Å²) in [5, 5.41) is 2.92. The van der Waals surface area contributed by atoms with Crippen molar-refractivity contribution in [1.82, 2.24) is 4.90 Å². The first-order valence-electron chi connectivity index (χ1n) is 9.70. The second kappa shape index (κ2) is 8.68. The van der Waals surface area contributed by atoms with E-state index in [-0.39, 0.29) is 5.91 Å². The van der Waals surface area contributed by atoms with Crippen molar-refractivity contribution in [3.8, 4) is 0 Å². The molecule has 0 bridgehead atoms. The zero-order valence-electron chi connectivity index (χ0n) is 15.8. The highest BCUT2D eigenvalue weighted by atomic mass is 16.1. The topological polar surface area (TPSA) is 32.3 Å². The van der Waals surface area contributed by atoms with Gasteiger partial charge < -0.3 is 5.32 Å². The average molecular weight is 368 g/mol. The summed E-state index contributed by atoms with van der Waals surface area (Å²) in [5.41, 5.74) is 5.48. The van der Waals surface area contributed by atoms with Crippen molar-refractivity contribution in [1.29, 1.82) is 0 Å². The third-order valence-corrected chi connectivity index (χ3v) is 5.09. The molecule has 0 aliphatic carbocycles. The largest absolute Gasteiger partial charge is 0.322 e. The number of nitrogens with zero attached hydrogens (tertiary/aromatic N) is 1. The van der Waals surface area contributed by atoms with E-state index in [4.69, 9.17) is 0 Å².